The van der Waals surface area contributed by atoms with Crippen LogP contribution in [0.4, 0.5) is 0 Å². The highest BCUT2D eigenvalue weighted by atomic mass is 32.1. The lowest BCUT2D eigenvalue weighted by Crippen LogP contribution is -2.48. The van der Waals surface area contributed by atoms with Gasteiger partial charge >= 0.3 is 0 Å². The molecule has 2 aliphatic rings. The molecule has 100 valence electrons. The van der Waals surface area contributed by atoms with Crippen LogP contribution in [0.1, 0.15) is 25.7 Å². The zero-order valence-corrected chi connectivity index (χ0v) is 11.5. The number of hydrogen-bond acceptors (Lipinski definition) is 5. The molecule has 0 saturated carbocycles. The van der Waals surface area contributed by atoms with Crippen LogP contribution >= 0.6 is 11.3 Å². The SMILES string of the molecule is c1csc(OC2CCN(C3CCNCC3)CC2)n1. The smallest absolute Gasteiger partial charge is 0.273 e. The van der Waals surface area contributed by atoms with Crippen LogP contribution < -0.4 is 10.1 Å². The average molecular weight is 267 g/mol. The fourth-order valence-corrected chi connectivity index (χ4v) is 3.49. The molecule has 2 aliphatic heterocycles. The Hall–Kier alpha value is -0.650. The number of likely N-dealkylation sites (tertiary alicyclic amines) is 1. The van der Waals surface area contributed by atoms with E-state index in [0.29, 0.717) is 6.10 Å². The Labute approximate surface area is 112 Å². The van der Waals surface area contributed by atoms with Crippen molar-refractivity contribution in [3.05, 3.63) is 11.6 Å². The maximum absolute atomic E-state index is 5.90. The van der Waals surface area contributed by atoms with E-state index in [4.69, 9.17) is 4.74 Å². The number of piperidine rings is 2. The van der Waals surface area contributed by atoms with Gasteiger partial charge in [0.2, 0.25) is 0 Å². The quantitative estimate of drug-likeness (QED) is 0.905. The molecule has 0 radical (unpaired) electrons. The first-order valence-electron chi connectivity index (χ1n) is 6.93. The van der Waals surface area contributed by atoms with Gasteiger partial charge in [-0.05, 0) is 38.8 Å². The van der Waals surface area contributed by atoms with E-state index in [1.54, 1.807) is 11.3 Å². The Morgan fingerprint density at radius 2 is 2.00 bits per heavy atom. The van der Waals surface area contributed by atoms with E-state index in [1.807, 2.05) is 11.6 Å². The minimum absolute atomic E-state index is 0.370. The molecule has 5 heteroatoms. The third kappa shape index (κ3) is 3.02. The van der Waals surface area contributed by atoms with Crippen molar-refractivity contribution in [2.24, 2.45) is 0 Å². The van der Waals surface area contributed by atoms with Crippen LogP contribution in [0.15, 0.2) is 11.6 Å². The number of nitrogens with zero attached hydrogens (tertiary/aromatic N) is 2. The van der Waals surface area contributed by atoms with Gasteiger partial charge in [0, 0.05) is 30.7 Å². The van der Waals surface area contributed by atoms with Gasteiger partial charge in [-0.3, -0.25) is 0 Å². The fourth-order valence-electron chi connectivity index (χ4n) is 2.94. The normalized spacial score (nSPS) is 24.2. The van der Waals surface area contributed by atoms with Crippen molar-refractivity contribution in [3.8, 4) is 5.19 Å². The van der Waals surface area contributed by atoms with Crippen LogP contribution in [0.2, 0.25) is 0 Å². The summed E-state index contributed by atoms with van der Waals surface area (Å²) in [5.41, 5.74) is 0. The number of nitrogens with one attached hydrogen (secondary N) is 1. The van der Waals surface area contributed by atoms with E-state index in [2.05, 4.69) is 15.2 Å². The number of ether oxygens (including phenoxy) is 1. The molecule has 3 rings (SSSR count). The number of rotatable bonds is 3. The summed E-state index contributed by atoms with van der Waals surface area (Å²) < 4.78 is 5.90. The van der Waals surface area contributed by atoms with Gasteiger partial charge in [-0.15, -0.1) is 0 Å². The summed E-state index contributed by atoms with van der Waals surface area (Å²) in [7, 11) is 0. The highest BCUT2D eigenvalue weighted by Gasteiger charge is 2.27. The topological polar surface area (TPSA) is 37.4 Å². The molecule has 1 aromatic rings. The molecule has 18 heavy (non-hydrogen) atoms. The van der Waals surface area contributed by atoms with Crippen LogP contribution in [-0.2, 0) is 0 Å². The summed E-state index contributed by atoms with van der Waals surface area (Å²) in [6, 6.07) is 0.798. The van der Waals surface area contributed by atoms with Crippen LogP contribution in [0.3, 0.4) is 0 Å². The van der Waals surface area contributed by atoms with Gasteiger partial charge < -0.3 is 15.0 Å². The number of aromatic nitrogens is 1. The van der Waals surface area contributed by atoms with Crippen molar-refractivity contribution in [2.45, 2.75) is 37.8 Å². The summed E-state index contributed by atoms with van der Waals surface area (Å²) in [6.07, 6.45) is 7.07. The summed E-state index contributed by atoms with van der Waals surface area (Å²) >= 11 is 1.59. The molecule has 0 aromatic carbocycles. The molecule has 0 unspecified atom stereocenters. The summed E-state index contributed by atoms with van der Waals surface area (Å²) in [6.45, 7) is 4.72. The van der Waals surface area contributed by atoms with Crippen molar-refractivity contribution in [1.29, 1.82) is 0 Å². The van der Waals surface area contributed by atoms with Crippen LogP contribution in [-0.4, -0.2) is 48.2 Å². The highest BCUT2D eigenvalue weighted by Crippen LogP contribution is 2.23. The lowest BCUT2D eigenvalue weighted by molar-refractivity contribution is 0.0652. The van der Waals surface area contributed by atoms with Crippen molar-refractivity contribution in [2.75, 3.05) is 26.2 Å². The van der Waals surface area contributed by atoms with Crippen molar-refractivity contribution in [3.63, 3.8) is 0 Å². The standard InChI is InChI=1S/C13H21N3OS/c1-5-14-6-2-11(1)16-8-3-12(4-9-16)17-13-15-7-10-18-13/h7,10-12,14H,1-6,8-9H2. The monoisotopic (exact) mass is 267 g/mol. The molecular weight excluding hydrogens is 246 g/mol. The molecule has 0 atom stereocenters. The van der Waals surface area contributed by atoms with E-state index in [9.17, 15) is 0 Å². The summed E-state index contributed by atoms with van der Waals surface area (Å²) in [5.74, 6) is 0. The zero-order valence-electron chi connectivity index (χ0n) is 10.7. The van der Waals surface area contributed by atoms with Crippen LogP contribution in [0.25, 0.3) is 0 Å². The van der Waals surface area contributed by atoms with E-state index in [0.717, 1.165) is 24.1 Å². The zero-order chi connectivity index (χ0) is 12.2. The first-order chi connectivity index (χ1) is 8.92. The van der Waals surface area contributed by atoms with E-state index < -0.39 is 0 Å². The second-order valence-electron chi connectivity index (χ2n) is 5.13. The molecule has 2 fully saturated rings. The second-order valence-corrected chi connectivity index (χ2v) is 5.99. The fraction of sp³-hybridized carbons (Fsp3) is 0.769. The minimum atomic E-state index is 0.370. The van der Waals surface area contributed by atoms with E-state index in [-0.39, 0.29) is 0 Å². The first kappa shape index (κ1) is 12.4. The van der Waals surface area contributed by atoms with E-state index >= 15 is 0 Å². The second kappa shape index (κ2) is 5.99. The van der Waals surface area contributed by atoms with Crippen LogP contribution in [0.5, 0.6) is 5.19 Å². The van der Waals surface area contributed by atoms with Crippen molar-refractivity contribution in [1.82, 2.24) is 15.2 Å². The van der Waals surface area contributed by atoms with Gasteiger partial charge in [0.1, 0.15) is 6.10 Å². The summed E-state index contributed by atoms with van der Waals surface area (Å²) in [5, 5.41) is 6.23. The van der Waals surface area contributed by atoms with Gasteiger partial charge in [-0.1, -0.05) is 11.3 Å². The maximum Gasteiger partial charge on any atom is 0.273 e. The molecule has 0 aliphatic carbocycles. The number of hydrogen-bond donors (Lipinski definition) is 1. The third-order valence-corrected chi connectivity index (χ3v) is 4.64. The highest BCUT2D eigenvalue weighted by molar-refractivity contribution is 7.11. The Morgan fingerprint density at radius 3 is 2.67 bits per heavy atom. The molecule has 0 bridgehead atoms. The third-order valence-electron chi connectivity index (χ3n) is 3.98. The molecule has 4 nitrogen and oxygen atoms in total. The van der Waals surface area contributed by atoms with Gasteiger partial charge in [-0.25, -0.2) is 4.98 Å². The molecule has 1 aromatic heterocycles. The Balaban J connectivity index is 1.45. The maximum atomic E-state index is 5.90. The lowest BCUT2D eigenvalue weighted by atomic mass is 10.00. The molecule has 2 saturated heterocycles. The minimum Gasteiger partial charge on any atom is -0.467 e. The first-order valence-corrected chi connectivity index (χ1v) is 7.81. The molecular formula is C13H21N3OS. The lowest BCUT2D eigenvalue weighted by Gasteiger charge is -2.39. The van der Waals surface area contributed by atoms with Gasteiger partial charge in [0.05, 0.1) is 0 Å². The van der Waals surface area contributed by atoms with Crippen molar-refractivity contribution >= 4 is 11.3 Å². The molecule has 0 spiro atoms. The van der Waals surface area contributed by atoms with Gasteiger partial charge in [0.15, 0.2) is 0 Å². The summed E-state index contributed by atoms with van der Waals surface area (Å²) in [4.78, 5) is 6.85. The Bertz CT molecular complexity index is 343. The van der Waals surface area contributed by atoms with Gasteiger partial charge in [0.25, 0.3) is 5.19 Å². The number of thiazole rings is 1. The predicted octanol–water partition coefficient (Wildman–Crippen LogP) is 1.74. The molecule has 1 N–H and O–H groups in total. The van der Waals surface area contributed by atoms with E-state index in [1.165, 1.54) is 39.0 Å². The Kier molecular flexibility index (Phi) is 4.13. The largest absolute Gasteiger partial charge is 0.467 e. The van der Waals surface area contributed by atoms with Gasteiger partial charge in [-0.2, -0.15) is 0 Å². The van der Waals surface area contributed by atoms with Crippen LogP contribution in [0, 0.1) is 0 Å². The Morgan fingerprint density at radius 1 is 1.22 bits per heavy atom. The molecule has 3 heterocycles. The average Bonchev–Trinajstić information content (AvgIpc) is 2.94. The molecule has 0 amide bonds. The van der Waals surface area contributed by atoms with Crippen molar-refractivity contribution < 1.29 is 4.74 Å². The predicted molar refractivity (Wildman–Crippen MR) is 73.2 cm³/mol.